The molecular weight excluding hydrogens is 480 g/mol. The van der Waals surface area contributed by atoms with Crippen molar-refractivity contribution in [2.75, 3.05) is 6.54 Å². The van der Waals surface area contributed by atoms with E-state index in [1.807, 2.05) is 23.1 Å². The van der Waals surface area contributed by atoms with Crippen molar-refractivity contribution in [2.24, 2.45) is 0 Å². The molecule has 3 atom stereocenters. The molecule has 9 heteroatoms. The summed E-state index contributed by atoms with van der Waals surface area (Å²) >= 11 is 6.07. The number of halogens is 1. The number of ether oxygens (including phenoxy) is 1. The number of nitrogens with zero attached hydrogens (tertiary/aromatic N) is 4. The molecule has 0 radical (unpaired) electrons. The lowest BCUT2D eigenvalue weighted by Crippen LogP contribution is -2.48. The number of carbonyl (C=O) groups excluding carboxylic acids is 2. The predicted octanol–water partition coefficient (Wildman–Crippen LogP) is 4.74. The van der Waals surface area contributed by atoms with E-state index < -0.39 is 18.1 Å². The van der Waals surface area contributed by atoms with Crippen LogP contribution in [0.3, 0.4) is 0 Å². The third-order valence-electron chi connectivity index (χ3n) is 6.50. The molecule has 1 N–H and O–H groups in total. The molecule has 36 heavy (non-hydrogen) atoms. The third-order valence-corrected chi connectivity index (χ3v) is 6.75. The minimum atomic E-state index is -0.744. The molecule has 1 aromatic heterocycles. The Hall–Kier alpha value is -3.23. The Kier molecular flexibility index (Phi) is 8.72. The molecule has 0 saturated carbocycles. The van der Waals surface area contributed by atoms with Gasteiger partial charge in [0.2, 0.25) is 5.91 Å². The van der Waals surface area contributed by atoms with E-state index in [1.54, 1.807) is 47.3 Å². The highest BCUT2D eigenvalue weighted by atomic mass is 35.5. The summed E-state index contributed by atoms with van der Waals surface area (Å²) in [4.78, 5) is 27.3. The number of aliphatic hydroxyl groups is 1. The first kappa shape index (κ1) is 25.9. The van der Waals surface area contributed by atoms with Crippen LogP contribution in [0.4, 0.5) is 0 Å². The van der Waals surface area contributed by atoms with E-state index in [0.717, 1.165) is 24.8 Å². The summed E-state index contributed by atoms with van der Waals surface area (Å²) in [5.74, 6) is -0.394. The summed E-state index contributed by atoms with van der Waals surface area (Å²) in [6.07, 6.45) is 4.59. The van der Waals surface area contributed by atoms with Crippen LogP contribution in [0.5, 0.6) is 0 Å². The number of rotatable bonds is 9. The van der Waals surface area contributed by atoms with Crippen molar-refractivity contribution in [3.8, 4) is 0 Å². The summed E-state index contributed by atoms with van der Waals surface area (Å²) in [6.45, 7) is 2.36. The van der Waals surface area contributed by atoms with Gasteiger partial charge in [-0.15, -0.1) is 5.10 Å². The predicted molar refractivity (Wildman–Crippen MR) is 135 cm³/mol. The SMILES string of the molecule is CCCCCC(=O)N1CC(n2cc(COC(=O)c3ccccc3)nn2)C(O)CC1c1ccc(Cl)cc1. The first-order valence-corrected chi connectivity index (χ1v) is 12.7. The van der Waals surface area contributed by atoms with Crippen LogP contribution >= 0.6 is 11.6 Å². The summed E-state index contributed by atoms with van der Waals surface area (Å²) in [6, 6.07) is 15.4. The fourth-order valence-corrected chi connectivity index (χ4v) is 4.63. The minimum Gasteiger partial charge on any atom is -0.455 e. The summed E-state index contributed by atoms with van der Waals surface area (Å²) in [5, 5.41) is 20.0. The first-order valence-electron chi connectivity index (χ1n) is 12.3. The Morgan fingerprint density at radius 1 is 1.11 bits per heavy atom. The summed E-state index contributed by atoms with van der Waals surface area (Å²) in [5.41, 5.74) is 1.86. The molecule has 3 unspecified atom stereocenters. The molecule has 2 aromatic carbocycles. The molecule has 4 rings (SSSR count). The van der Waals surface area contributed by atoms with Gasteiger partial charge in [-0.2, -0.15) is 0 Å². The second kappa shape index (κ2) is 12.1. The lowest BCUT2D eigenvalue weighted by atomic mass is 9.90. The van der Waals surface area contributed by atoms with E-state index in [-0.39, 0.29) is 18.6 Å². The van der Waals surface area contributed by atoms with Gasteiger partial charge in [0.15, 0.2) is 0 Å². The molecule has 0 aliphatic carbocycles. The van der Waals surface area contributed by atoms with Crippen molar-refractivity contribution in [3.05, 3.63) is 82.6 Å². The summed E-state index contributed by atoms with van der Waals surface area (Å²) in [7, 11) is 0. The van der Waals surface area contributed by atoms with Crippen LogP contribution < -0.4 is 0 Å². The normalized spacial score (nSPS) is 19.8. The highest BCUT2D eigenvalue weighted by Crippen LogP contribution is 2.36. The second-order valence-corrected chi connectivity index (χ2v) is 9.51. The molecule has 1 amide bonds. The van der Waals surface area contributed by atoms with Crippen molar-refractivity contribution >= 4 is 23.5 Å². The number of benzene rings is 2. The van der Waals surface area contributed by atoms with E-state index in [1.165, 1.54) is 0 Å². The lowest BCUT2D eigenvalue weighted by Gasteiger charge is -2.42. The Morgan fingerprint density at radius 2 is 1.86 bits per heavy atom. The van der Waals surface area contributed by atoms with Gasteiger partial charge in [-0.25, -0.2) is 9.48 Å². The van der Waals surface area contributed by atoms with Crippen LogP contribution in [0.25, 0.3) is 0 Å². The van der Waals surface area contributed by atoms with Gasteiger partial charge in [-0.3, -0.25) is 4.79 Å². The maximum Gasteiger partial charge on any atom is 0.338 e. The maximum atomic E-state index is 13.2. The van der Waals surface area contributed by atoms with E-state index in [2.05, 4.69) is 17.2 Å². The van der Waals surface area contributed by atoms with Gasteiger partial charge in [0.05, 0.1) is 29.9 Å². The highest BCUT2D eigenvalue weighted by molar-refractivity contribution is 6.30. The largest absolute Gasteiger partial charge is 0.455 e. The number of unbranched alkanes of at least 4 members (excludes halogenated alkanes) is 2. The molecule has 1 saturated heterocycles. The standard InChI is InChI=1S/C27H31ClN4O4/c1-2-3-5-10-26(34)31-17-24(25(33)15-23(31)19-11-13-21(28)14-12-19)32-16-22(29-30-32)18-36-27(35)20-8-6-4-7-9-20/h4,6-9,11-14,16,23-25,33H,2-3,5,10,15,17-18H2,1H3. The molecule has 1 aliphatic heterocycles. The van der Waals surface area contributed by atoms with E-state index in [4.69, 9.17) is 16.3 Å². The van der Waals surface area contributed by atoms with Gasteiger partial charge in [-0.1, -0.05) is 66.9 Å². The van der Waals surface area contributed by atoms with Crippen molar-refractivity contribution in [1.82, 2.24) is 19.9 Å². The zero-order valence-electron chi connectivity index (χ0n) is 20.3. The van der Waals surface area contributed by atoms with Gasteiger partial charge in [-0.05, 0) is 36.2 Å². The van der Waals surface area contributed by atoms with Crippen molar-refractivity contribution in [1.29, 1.82) is 0 Å². The Morgan fingerprint density at radius 3 is 2.58 bits per heavy atom. The average Bonchev–Trinajstić information content (AvgIpc) is 3.37. The number of piperidine rings is 1. The van der Waals surface area contributed by atoms with Crippen LogP contribution in [-0.2, 0) is 16.1 Å². The number of aliphatic hydroxyl groups excluding tert-OH is 1. The van der Waals surface area contributed by atoms with Gasteiger partial charge in [0.1, 0.15) is 12.3 Å². The van der Waals surface area contributed by atoms with Gasteiger partial charge in [0, 0.05) is 24.4 Å². The molecule has 3 aromatic rings. The number of hydrogen-bond acceptors (Lipinski definition) is 6. The van der Waals surface area contributed by atoms with E-state index >= 15 is 0 Å². The average molecular weight is 511 g/mol. The maximum absolute atomic E-state index is 13.2. The molecule has 0 bridgehead atoms. The van der Waals surface area contributed by atoms with Crippen LogP contribution in [0.1, 0.15) is 72.7 Å². The minimum absolute atomic E-state index is 0.0381. The second-order valence-electron chi connectivity index (χ2n) is 9.07. The van der Waals surface area contributed by atoms with Crippen molar-refractivity contribution < 1.29 is 19.4 Å². The number of amides is 1. The Balaban J connectivity index is 1.47. The Labute approximate surface area is 215 Å². The monoisotopic (exact) mass is 510 g/mol. The smallest absolute Gasteiger partial charge is 0.338 e. The topological polar surface area (TPSA) is 97.6 Å². The van der Waals surface area contributed by atoms with Crippen LogP contribution in [-0.4, -0.2) is 49.5 Å². The number of hydrogen-bond donors (Lipinski definition) is 1. The third kappa shape index (κ3) is 6.30. The molecule has 190 valence electrons. The van der Waals surface area contributed by atoms with E-state index in [0.29, 0.717) is 35.7 Å². The molecule has 8 nitrogen and oxygen atoms in total. The molecular formula is C27H31ClN4O4. The van der Waals surface area contributed by atoms with Gasteiger partial charge in [0.25, 0.3) is 0 Å². The quantitative estimate of drug-likeness (QED) is 0.330. The van der Waals surface area contributed by atoms with Gasteiger partial charge < -0.3 is 14.7 Å². The fourth-order valence-electron chi connectivity index (χ4n) is 4.51. The molecule has 0 spiro atoms. The van der Waals surface area contributed by atoms with Crippen LogP contribution in [0.2, 0.25) is 5.02 Å². The fraction of sp³-hybridized carbons (Fsp3) is 0.407. The number of carbonyl (C=O) groups is 2. The molecule has 1 aliphatic rings. The number of likely N-dealkylation sites (tertiary alicyclic amines) is 1. The number of aromatic nitrogens is 3. The zero-order valence-corrected chi connectivity index (χ0v) is 21.1. The highest BCUT2D eigenvalue weighted by Gasteiger charge is 2.39. The summed E-state index contributed by atoms with van der Waals surface area (Å²) < 4.78 is 6.92. The lowest BCUT2D eigenvalue weighted by molar-refractivity contribution is -0.139. The van der Waals surface area contributed by atoms with Gasteiger partial charge >= 0.3 is 5.97 Å². The first-order chi connectivity index (χ1) is 17.5. The Bertz CT molecular complexity index is 1150. The van der Waals surface area contributed by atoms with Crippen molar-refractivity contribution in [2.45, 2.75) is 63.8 Å². The van der Waals surface area contributed by atoms with E-state index in [9.17, 15) is 14.7 Å². The van der Waals surface area contributed by atoms with Crippen LogP contribution in [0.15, 0.2) is 60.8 Å². The molecule has 2 heterocycles. The number of esters is 1. The zero-order chi connectivity index (χ0) is 25.5. The molecule has 1 fully saturated rings. The van der Waals surface area contributed by atoms with Crippen molar-refractivity contribution in [3.63, 3.8) is 0 Å². The van der Waals surface area contributed by atoms with Crippen LogP contribution in [0, 0.1) is 0 Å².